The molecule has 28 heavy (non-hydrogen) atoms. The van der Waals surface area contributed by atoms with Crippen molar-refractivity contribution in [3.63, 3.8) is 0 Å². The monoisotopic (exact) mass is 388 g/mol. The molecule has 0 saturated carbocycles. The zero-order chi connectivity index (χ0) is 20.3. The number of hydrogen-bond acceptors (Lipinski definition) is 2. The van der Waals surface area contributed by atoms with Gasteiger partial charge in [0.2, 0.25) is 0 Å². The van der Waals surface area contributed by atoms with E-state index >= 15 is 0 Å². The first-order valence-corrected chi connectivity index (χ1v) is 11.5. The van der Waals surface area contributed by atoms with Crippen LogP contribution >= 0.6 is 0 Å². The van der Waals surface area contributed by atoms with Crippen LogP contribution in [-0.2, 0) is 16.1 Å². The third kappa shape index (κ3) is 13.5. The molecular formula is C25H42NO2+. The summed E-state index contributed by atoms with van der Waals surface area (Å²) in [6.45, 7) is 7.27. The summed E-state index contributed by atoms with van der Waals surface area (Å²) >= 11 is 0. The summed E-state index contributed by atoms with van der Waals surface area (Å²) in [5, 5.41) is 0. The van der Waals surface area contributed by atoms with Crippen molar-refractivity contribution < 1.29 is 14.1 Å². The first kappa shape index (κ1) is 24.4. The normalized spacial score (nSPS) is 10.8. The van der Waals surface area contributed by atoms with E-state index < -0.39 is 0 Å². The first-order chi connectivity index (χ1) is 13.7. The highest BCUT2D eigenvalue weighted by Gasteiger charge is 2.03. The van der Waals surface area contributed by atoms with Crippen molar-refractivity contribution >= 4 is 5.97 Å². The molecule has 3 nitrogen and oxygen atoms in total. The summed E-state index contributed by atoms with van der Waals surface area (Å²) in [5.74, 6) is -0.304. The molecule has 158 valence electrons. The van der Waals surface area contributed by atoms with Gasteiger partial charge in [-0.05, 0) is 12.8 Å². The lowest BCUT2D eigenvalue weighted by atomic mass is 10.0. The van der Waals surface area contributed by atoms with E-state index in [2.05, 4.69) is 42.5 Å². The third-order valence-electron chi connectivity index (χ3n) is 5.37. The smallest absolute Gasteiger partial charge is 0.330 e. The lowest BCUT2D eigenvalue weighted by molar-refractivity contribution is -0.703. The Balaban J connectivity index is 1.75. The fourth-order valence-corrected chi connectivity index (χ4v) is 3.55. The molecule has 0 aliphatic carbocycles. The van der Waals surface area contributed by atoms with Gasteiger partial charge in [-0.3, -0.25) is 0 Å². The molecule has 0 aromatic carbocycles. The number of aryl methyl sites for hydroxylation is 2. The van der Waals surface area contributed by atoms with E-state index in [0.717, 1.165) is 19.4 Å². The van der Waals surface area contributed by atoms with Crippen molar-refractivity contribution in [3.05, 3.63) is 42.7 Å². The van der Waals surface area contributed by atoms with Gasteiger partial charge < -0.3 is 4.74 Å². The van der Waals surface area contributed by atoms with E-state index in [1.807, 2.05) is 0 Å². The second kappa shape index (κ2) is 17.5. The molecule has 0 N–H and O–H groups in total. The number of aromatic nitrogens is 1. The minimum absolute atomic E-state index is 0.304. The van der Waals surface area contributed by atoms with Gasteiger partial charge >= 0.3 is 5.97 Å². The second-order valence-electron chi connectivity index (χ2n) is 7.86. The fraction of sp³-hybridized carbons (Fsp3) is 0.680. The van der Waals surface area contributed by atoms with Crippen molar-refractivity contribution in [2.75, 3.05) is 6.61 Å². The molecule has 1 rings (SSSR count). The molecule has 1 heterocycles. The lowest BCUT2D eigenvalue weighted by Crippen LogP contribution is -2.36. The molecule has 0 amide bonds. The lowest BCUT2D eigenvalue weighted by Gasteiger charge is -2.04. The van der Waals surface area contributed by atoms with E-state index in [-0.39, 0.29) is 5.97 Å². The van der Waals surface area contributed by atoms with E-state index in [9.17, 15) is 4.79 Å². The summed E-state index contributed by atoms with van der Waals surface area (Å²) in [6, 6.07) is 6.42. The minimum Gasteiger partial charge on any atom is -0.463 e. The molecule has 0 atom stereocenters. The van der Waals surface area contributed by atoms with Crippen LogP contribution in [0.15, 0.2) is 37.1 Å². The zero-order valence-electron chi connectivity index (χ0n) is 18.2. The Morgan fingerprint density at radius 1 is 0.857 bits per heavy atom. The largest absolute Gasteiger partial charge is 0.463 e. The molecule has 0 unspecified atom stereocenters. The Bertz CT molecular complexity index is 527. The SMILES string of the molecule is C=CC(=O)OCCCCCCCCCCCCCCCC[n+]1ccccc1C. The molecular weight excluding hydrogens is 346 g/mol. The van der Waals surface area contributed by atoms with Gasteiger partial charge in [-0.1, -0.05) is 83.3 Å². The maximum absolute atomic E-state index is 10.9. The van der Waals surface area contributed by atoms with Gasteiger partial charge in [0, 0.05) is 31.6 Å². The Morgan fingerprint density at radius 3 is 1.86 bits per heavy atom. The number of rotatable bonds is 18. The van der Waals surface area contributed by atoms with Gasteiger partial charge in [0.25, 0.3) is 0 Å². The van der Waals surface area contributed by atoms with Crippen LogP contribution in [0.25, 0.3) is 0 Å². The molecule has 1 aromatic heterocycles. The minimum atomic E-state index is -0.304. The van der Waals surface area contributed by atoms with Crippen molar-refractivity contribution in [1.82, 2.24) is 0 Å². The summed E-state index contributed by atoms with van der Waals surface area (Å²) in [5.41, 5.74) is 1.36. The molecule has 0 spiro atoms. The molecule has 0 aliphatic heterocycles. The molecule has 3 heteroatoms. The van der Waals surface area contributed by atoms with Crippen LogP contribution in [0.5, 0.6) is 0 Å². The van der Waals surface area contributed by atoms with Crippen molar-refractivity contribution in [1.29, 1.82) is 0 Å². The van der Waals surface area contributed by atoms with Gasteiger partial charge in [0.05, 0.1) is 6.61 Å². The number of ether oxygens (including phenoxy) is 1. The van der Waals surface area contributed by atoms with E-state index in [0.29, 0.717) is 6.61 Å². The number of pyridine rings is 1. The summed E-state index contributed by atoms with van der Waals surface area (Å²) in [4.78, 5) is 10.9. The number of hydrogen-bond donors (Lipinski definition) is 0. The Kier molecular flexibility index (Phi) is 15.2. The van der Waals surface area contributed by atoms with Gasteiger partial charge in [0.1, 0.15) is 6.54 Å². The fourth-order valence-electron chi connectivity index (χ4n) is 3.55. The van der Waals surface area contributed by atoms with Crippen LogP contribution in [0.2, 0.25) is 0 Å². The third-order valence-corrected chi connectivity index (χ3v) is 5.37. The quantitative estimate of drug-likeness (QED) is 0.125. The number of carbonyl (C=O) groups excluding carboxylic acids is 1. The molecule has 0 saturated heterocycles. The highest BCUT2D eigenvalue weighted by atomic mass is 16.5. The van der Waals surface area contributed by atoms with Crippen molar-refractivity contribution in [2.45, 2.75) is 103 Å². The van der Waals surface area contributed by atoms with Crippen LogP contribution in [-0.4, -0.2) is 12.6 Å². The Hall–Kier alpha value is -1.64. The summed E-state index contributed by atoms with van der Waals surface area (Å²) in [6.07, 6.45) is 21.9. The first-order valence-electron chi connectivity index (χ1n) is 11.5. The van der Waals surface area contributed by atoms with Crippen LogP contribution in [0.1, 0.15) is 95.6 Å². The topological polar surface area (TPSA) is 30.2 Å². The summed E-state index contributed by atoms with van der Waals surface area (Å²) in [7, 11) is 0. The van der Waals surface area contributed by atoms with E-state index in [1.165, 1.54) is 88.8 Å². The van der Waals surface area contributed by atoms with Gasteiger partial charge in [-0.25, -0.2) is 9.36 Å². The average molecular weight is 389 g/mol. The second-order valence-corrected chi connectivity index (χ2v) is 7.86. The number of nitrogens with zero attached hydrogens (tertiary/aromatic N) is 1. The maximum Gasteiger partial charge on any atom is 0.330 e. The molecule has 0 aliphatic rings. The molecule has 1 aromatic rings. The predicted molar refractivity (Wildman–Crippen MR) is 117 cm³/mol. The van der Waals surface area contributed by atoms with Gasteiger partial charge in [-0.2, -0.15) is 0 Å². The molecule has 0 fully saturated rings. The Morgan fingerprint density at radius 2 is 1.36 bits per heavy atom. The molecule has 0 bridgehead atoms. The highest BCUT2D eigenvalue weighted by molar-refractivity contribution is 5.81. The number of esters is 1. The highest BCUT2D eigenvalue weighted by Crippen LogP contribution is 2.13. The maximum atomic E-state index is 10.9. The van der Waals surface area contributed by atoms with Crippen LogP contribution in [0.4, 0.5) is 0 Å². The van der Waals surface area contributed by atoms with Gasteiger partial charge in [0.15, 0.2) is 11.9 Å². The van der Waals surface area contributed by atoms with Crippen LogP contribution in [0, 0.1) is 6.92 Å². The van der Waals surface area contributed by atoms with Crippen LogP contribution in [0.3, 0.4) is 0 Å². The van der Waals surface area contributed by atoms with Crippen molar-refractivity contribution in [3.8, 4) is 0 Å². The van der Waals surface area contributed by atoms with E-state index in [4.69, 9.17) is 4.74 Å². The average Bonchev–Trinajstić information content (AvgIpc) is 2.71. The van der Waals surface area contributed by atoms with E-state index in [1.54, 1.807) is 0 Å². The number of unbranched alkanes of at least 4 members (excludes halogenated alkanes) is 13. The zero-order valence-corrected chi connectivity index (χ0v) is 18.2. The number of carbonyl (C=O) groups is 1. The Labute approximate surface area is 173 Å². The van der Waals surface area contributed by atoms with Crippen LogP contribution < -0.4 is 4.57 Å². The van der Waals surface area contributed by atoms with Gasteiger partial charge in [-0.15, -0.1) is 0 Å². The predicted octanol–water partition coefficient (Wildman–Crippen LogP) is 6.47. The van der Waals surface area contributed by atoms with Crippen molar-refractivity contribution in [2.24, 2.45) is 0 Å². The summed E-state index contributed by atoms with van der Waals surface area (Å²) < 4.78 is 7.33. The molecule has 0 radical (unpaired) electrons. The standard InChI is InChI=1S/C25H42NO2/c1-3-25(27)28-23-19-15-13-11-9-7-5-4-6-8-10-12-14-17-21-26-22-18-16-20-24(26)2/h3,16,18,20,22H,1,4-15,17,19,21,23H2,2H3/q+1.